The number of carboxylic acid groups (broad SMARTS) is 1. The Bertz CT molecular complexity index is 1240. The zero-order valence-electron chi connectivity index (χ0n) is 18.7. The molecule has 0 aliphatic heterocycles. The van der Waals surface area contributed by atoms with Crippen LogP contribution in [0.4, 0.5) is 0 Å². The van der Waals surface area contributed by atoms with Crippen molar-refractivity contribution in [2.45, 2.75) is 59.3 Å². The number of fused-ring (bicyclic) bond motifs is 2. The number of benzene rings is 1. The van der Waals surface area contributed by atoms with Crippen LogP contribution in [-0.4, -0.2) is 18.4 Å². The van der Waals surface area contributed by atoms with Crippen LogP contribution in [0, 0.1) is 32.6 Å². The first-order valence-electron chi connectivity index (χ1n) is 11.2. The molecule has 1 aromatic carbocycles. The van der Waals surface area contributed by atoms with Gasteiger partial charge in [-0.05, 0) is 81.9 Å². The van der Waals surface area contributed by atoms with Gasteiger partial charge in [0.15, 0.2) is 0 Å². The highest BCUT2D eigenvalue weighted by molar-refractivity contribution is 5.99. The second kappa shape index (κ2) is 8.81. The van der Waals surface area contributed by atoms with Crippen LogP contribution in [0.2, 0.25) is 0 Å². The number of rotatable bonds is 6. The third kappa shape index (κ3) is 4.16. The maximum atomic E-state index is 12.7. The summed E-state index contributed by atoms with van der Waals surface area (Å²) in [6.07, 6.45) is 4.93. The second-order valence-corrected chi connectivity index (χ2v) is 9.01. The lowest BCUT2D eigenvalue weighted by Crippen LogP contribution is -2.36. The van der Waals surface area contributed by atoms with E-state index in [2.05, 4.69) is 5.32 Å². The molecule has 1 aliphatic rings. The first kappa shape index (κ1) is 22.1. The lowest BCUT2D eigenvalue weighted by molar-refractivity contribution is -0.312. The molecule has 3 aromatic rings. The molecule has 0 bridgehead atoms. The topological polar surface area (TPSA) is 113 Å². The van der Waals surface area contributed by atoms with Gasteiger partial charge in [0.25, 0.3) is 0 Å². The summed E-state index contributed by atoms with van der Waals surface area (Å²) in [6, 6.07) is 1.99. The fourth-order valence-corrected chi connectivity index (χ4v) is 4.80. The van der Waals surface area contributed by atoms with Gasteiger partial charge in [0.1, 0.15) is 11.2 Å². The standard InChI is InChI=1S/C25H29NO6/c1-13-12-31-22-15(3)23-20(10-19(13)22)14(2)18(25(30)32-23)8-9-21(27)26-11-16-4-6-17(7-5-16)24(28)29/h10,12,16-17H,4-9,11H2,1-3H3,(H,26,27)(H,28,29)/p-1. The van der Waals surface area contributed by atoms with Crippen molar-refractivity contribution in [3.05, 3.63) is 45.0 Å². The van der Waals surface area contributed by atoms with Crippen molar-refractivity contribution in [2.24, 2.45) is 11.8 Å². The molecule has 2 aromatic heterocycles. The molecule has 1 fully saturated rings. The monoisotopic (exact) mass is 438 g/mol. The molecular weight excluding hydrogens is 410 g/mol. The number of aryl methyl sites for hydroxylation is 3. The molecule has 170 valence electrons. The smallest absolute Gasteiger partial charge is 0.339 e. The Morgan fingerprint density at radius 2 is 1.78 bits per heavy atom. The van der Waals surface area contributed by atoms with Gasteiger partial charge in [-0.2, -0.15) is 0 Å². The van der Waals surface area contributed by atoms with E-state index in [1.54, 1.807) is 6.26 Å². The van der Waals surface area contributed by atoms with E-state index >= 15 is 0 Å². The quantitative estimate of drug-likeness (QED) is 0.592. The van der Waals surface area contributed by atoms with Crippen LogP contribution in [0.25, 0.3) is 21.9 Å². The molecule has 1 aliphatic carbocycles. The Labute approximate surface area is 185 Å². The summed E-state index contributed by atoms with van der Waals surface area (Å²) in [4.78, 5) is 36.0. The van der Waals surface area contributed by atoms with Crippen molar-refractivity contribution in [2.75, 3.05) is 6.54 Å². The van der Waals surface area contributed by atoms with E-state index in [0.717, 1.165) is 45.9 Å². The number of aliphatic carboxylic acids is 1. The summed E-state index contributed by atoms with van der Waals surface area (Å²) in [5.74, 6) is -1.18. The number of nitrogens with one attached hydrogen (secondary N) is 1. The van der Waals surface area contributed by atoms with E-state index in [-0.39, 0.29) is 24.2 Å². The third-order valence-electron chi connectivity index (χ3n) is 6.91. The number of furan rings is 1. The molecule has 1 N–H and O–H groups in total. The zero-order valence-corrected chi connectivity index (χ0v) is 18.7. The highest BCUT2D eigenvalue weighted by atomic mass is 16.4. The molecule has 0 spiro atoms. The molecule has 0 unspecified atom stereocenters. The minimum Gasteiger partial charge on any atom is -0.550 e. The van der Waals surface area contributed by atoms with Gasteiger partial charge in [-0.3, -0.25) is 4.79 Å². The Kier molecular flexibility index (Phi) is 6.09. The van der Waals surface area contributed by atoms with Crippen molar-refractivity contribution in [3.63, 3.8) is 0 Å². The van der Waals surface area contributed by atoms with Crippen LogP contribution >= 0.6 is 0 Å². The van der Waals surface area contributed by atoms with E-state index in [1.165, 1.54) is 0 Å². The summed E-state index contributed by atoms with van der Waals surface area (Å²) in [5.41, 5.74) is 3.98. The lowest BCUT2D eigenvalue weighted by atomic mass is 9.82. The molecule has 0 saturated heterocycles. The van der Waals surface area contributed by atoms with Crippen molar-refractivity contribution < 1.29 is 23.5 Å². The van der Waals surface area contributed by atoms with E-state index < -0.39 is 11.6 Å². The molecule has 7 nitrogen and oxygen atoms in total. The van der Waals surface area contributed by atoms with Crippen LogP contribution in [0.5, 0.6) is 0 Å². The highest BCUT2D eigenvalue weighted by Crippen LogP contribution is 2.33. The fourth-order valence-electron chi connectivity index (χ4n) is 4.80. The number of carbonyl (C=O) groups is 2. The molecule has 2 heterocycles. The highest BCUT2D eigenvalue weighted by Gasteiger charge is 2.22. The third-order valence-corrected chi connectivity index (χ3v) is 6.91. The van der Waals surface area contributed by atoms with Crippen LogP contribution < -0.4 is 16.0 Å². The SMILES string of the molecule is Cc1coc2c(C)c3oc(=O)c(CCC(=O)NCC4CCC(C(=O)[O-])CC4)c(C)c3cc12. The zero-order chi connectivity index (χ0) is 23.0. The summed E-state index contributed by atoms with van der Waals surface area (Å²) in [7, 11) is 0. The number of carboxylic acids is 1. The molecule has 7 heteroatoms. The van der Waals surface area contributed by atoms with Crippen LogP contribution in [-0.2, 0) is 16.0 Å². The van der Waals surface area contributed by atoms with E-state index in [1.807, 2.05) is 26.8 Å². The number of amides is 1. The van der Waals surface area contributed by atoms with E-state index in [9.17, 15) is 19.5 Å². The molecule has 4 rings (SSSR count). The van der Waals surface area contributed by atoms with Crippen LogP contribution in [0.3, 0.4) is 0 Å². The molecule has 0 atom stereocenters. The van der Waals surface area contributed by atoms with Gasteiger partial charge in [0.2, 0.25) is 5.91 Å². The van der Waals surface area contributed by atoms with Gasteiger partial charge in [-0.25, -0.2) is 4.79 Å². The molecule has 1 saturated carbocycles. The van der Waals surface area contributed by atoms with Crippen molar-refractivity contribution in [3.8, 4) is 0 Å². The Morgan fingerprint density at radius 1 is 1.06 bits per heavy atom. The molecule has 1 amide bonds. The summed E-state index contributed by atoms with van der Waals surface area (Å²) in [6.45, 7) is 6.27. The second-order valence-electron chi connectivity index (χ2n) is 9.01. The molecule has 32 heavy (non-hydrogen) atoms. The van der Waals surface area contributed by atoms with Crippen molar-refractivity contribution in [1.29, 1.82) is 0 Å². The van der Waals surface area contributed by atoms with Gasteiger partial charge in [0, 0.05) is 40.8 Å². The first-order valence-corrected chi connectivity index (χ1v) is 11.2. The Balaban J connectivity index is 1.43. The summed E-state index contributed by atoms with van der Waals surface area (Å²) in [5, 5.41) is 15.7. The predicted molar refractivity (Wildman–Crippen MR) is 118 cm³/mol. The van der Waals surface area contributed by atoms with Gasteiger partial charge < -0.3 is 24.1 Å². The van der Waals surface area contributed by atoms with Crippen molar-refractivity contribution >= 4 is 33.8 Å². The minimum absolute atomic E-state index is 0.122. The largest absolute Gasteiger partial charge is 0.550 e. The average molecular weight is 439 g/mol. The number of hydrogen-bond acceptors (Lipinski definition) is 6. The van der Waals surface area contributed by atoms with Gasteiger partial charge >= 0.3 is 5.63 Å². The maximum Gasteiger partial charge on any atom is 0.339 e. The fraction of sp³-hybridized carbons (Fsp3) is 0.480. The summed E-state index contributed by atoms with van der Waals surface area (Å²) < 4.78 is 11.3. The van der Waals surface area contributed by atoms with E-state index in [4.69, 9.17) is 8.83 Å². The number of carbonyl (C=O) groups excluding carboxylic acids is 2. The van der Waals surface area contributed by atoms with Gasteiger partial charge in [0.05, 0.1) is 6.26 Å². The average Bonchev–Trinajstić information content (AvgIpc) is 3.14. The first-order chi connectivity index (χ1) is 15.3. The van der Waals surface area contributed by atoms with Gasteiger partial charge in [-0.15, -0.1) is 0 Å². The Morgan fingerprint density at radius 3 is 2.47 bits per heavy atom. The lowest BCUT2D eigenvalue weighted by Gasteiger charge is -2.29. The number of hydrogen-bond donors (Lipinski definition) is 1. The van der Waals surface area contributed by atoms with Gasteiger partial charge in [-0.1, -0.05) is 0 Å². The predicted octanol–water partition coefficient (Wildman–Crippen LogP) is 3.07. The molecular formula is C25H28NO6-. The molecule has 0 radical (unpaired) electrons. The Hall–Kier alpha value is -3.09. The van der Waals surface area contributed by atoms with Crippen molar-refractivity contribution in [1.82, 2.24) is 5.32 Å². The minimum atomic E-state index is -0.976. The maximum absolute atomic E-state index is 12.7. The van der Waals surface area contributed by atoms with Crippen LogP contribution in [0.15, 0.2) is 26.0 Å². The van der Waals surface area contributed by atoms with E-state index in [0.29, 0.717) is 37.0 Å². The summed E-state index contributed by atoms with van der Waals surface area (Å²) >= 11 is 0. The normalized spacial score (nSPS) is 18.8. The van der Waals surface area contributed by atoms with Crippen LogP contribution in [0.1, 0.15) is 54.4 Å².